The van der Waals surface area contributed by atoms with Crippen molar-refractivity contribution >= 4 is 16.8 Å². The molecule has 4 heteroatoms. The summed E-state index contributed by atoms with van der Waals surface area (Å²) in [5.41, 5.74) is 1.72. The molecule has 3 N–H and O–H groups in total. The highest BCUT2D eigenvalue weighted by Crippen LogP contribution is 2.24. The molecule has 4 nitrogen and oxygen atoms in total. The lowest BCUT2D eigenvalue weighted by Gasteiger charge is -2.11. The maximum Gasteiger partial charge on any atom is 0.251 e. The van der Waals surface area contributed by atoms with Crippen molar-refractivity contribution in [3.63, 3.8) is 0 Å². The molecule has 0 spiro atoms. The predicted octanol–water partition coefficient (Wildman–Crippen LogP) is 2.06. The van der Waals surface area contributed by atoms with Crippen LogP contribution in [0.1, 0.15) is 29.6 Å². The van der Waals surface area contributed by atoms with E-state index in [-0.39, 0.29) is 12.0 Å². The third-order valence-electron chi connectivity index (χ3n) is 3.88. The van der Waals surface area contributed by atoms with Crippen molar-refractivity contribution in [2.75, 3.05) is 6.54 Å². The van der Waals surface area contributed by atoms with Crippen molar-refractivity contribution in [3.05, 3.63) is 36.0 Å². The molecule has 1 saturated carbocycles. The number of aliphatic hydroxyl groups excluding tert-OH is 1. The van der Waals surface area contributed by atoms with Crippen LogP contribution in [0.2, 0.25) is 0 Å². The molecule has 0 saturated heterocycles. The van der Waals surface area contributed by atoms with E-state index in [0.29, 0.717) is 18.0 Å². The summed E-state index contributed by atoms with van der Waals surface area (Å²) in [4.78, 5) is 15.2. The van der Waals surface area contributed by atoms with Gasteiger partial charge in [0.1, 0.15) is 0 Å². The summed E-state index contributed by atoms with van der Waals surface area (Å²) in [5, 5.41) is 13.5. The molecule has 1 aliphatic carbocycles. The fourth-order valence-corrected chi connectivity index (χ4v) is 2.77. The van der Waals surface area contributed by atoms with E-state index in [9.17, 15) is 9.90 Å². The van der Waals surface area contributed by atoms with Crippen LogP contribution in [-0.2, 0) is 0 Å². The molecule has 2 aromatic rings. The Kier molecular flexibility index (Phi) is 3.25. The number of carbonyl (C=O) groups is 1. The SMILES string of the molecule is O=C(NCC1CCC(O)C1)c1ccc2[nH]ccc2c1. The van der Waals surface area contributed by atoms with Crippen LogP contribution in [0.3, 0.4) is 0 Å². The van der Waals surface area contributed by atoms with Crippen LogP contribution < -0.4 is 5.32 Å². The largest absolute Gasteiger partial charge is 0.393 e. The van der Waals surface area contributed by atoms with Gasteiger partial charge in [0.15, 0.2) is 0 Å². The lowest BCUT2D eigenvalue weighted by atomic mass is 10.1. The van der Waals surface area contributed by atoms with Gasteiger partial charge < -0.3 is 15.4 Å². The van der Waals surface area contributed by atoms with Crippen molar-refractivity contribution in [2.24, 2.45) is 5.92 Å². The Morgan fingerprint density at radius 3 is 3.05 bits per heavy atom. The highest BCUT2D eigenvalue weighted by atomic mass is 16.3. The van der Waals surface area contributed by atoms with Gasteiger partial charge in [0, 0.05) is 29.2 Å². The topological polar surface area (TPSA) is 65.1 Å². The summed E-state index contributed by atoms with van der Waals surface area (Å²) in [7, 11) is 0. The molecular formula is C15H18N2O2. The van der Waals surface area contributed by atoms with Gasteiger partial charge in [-0.25, -0.2) is 0 Å². The van der Waals surface area contributed by atoms with E-state index in [1.165, 1.54) is 0 Å². The number of benzene rings is 1. The number of aliphatic hydroxyl groups is 1. The van der Waals surface area contributed by atoms with Gasteiger partial charge >= 0.3 is 0 Å². The van der Waals surface area contributed by atoms with Gasteiger partial charge in [-0.15, -0.1) is 0 Å². The van der Waals surface area contributed by atoms with Crippen LogP contribution >= 0.6 is 0 Å². The minimum Gasteiger partial charge on any atom is -0.393 e. The molecule has 19 heavy (non-hydrogen) atoms. The van der Waals surface area contributed by atoms with Crippen molar-refractivity contribution in [1.82, 2.24) is 10.3 Å². The Bertz CT molecular complexity index is 591. The zero-order valence-corrected chi connectivity index (χ0v) is 10.7. The van der Waals surface area contributed by atoms with E-state index >= 15 is 0 Å². The predicted molar refractivity (Wildman–Crippen MR) is 74.0 cm³/mol. The summed E-state index contributed by atoms with van der Waals surface area (Å²) < 4.78 is 0. The van der Waals surface area contributed by atoms with E-state index < -0.39 is 0 Å². The van der Waals surface area contributed by atoms with Crippen LogP contribution in [0.15, 0.2) is 30.5 Å². The zero-order valence-electron chi connectivity index (χ0n) is 10.7. The second kappa shape index (κ2) is 5.05. The second-order valence-electron chi connectivity index (χ2n) is 5.32. The highest BCUT2D eigenvalue weighted by molar-refractivity contribution is 5.98. The third kappa shape index (κ3) is 2.63. The fraction of sp³-hybridized carbons (Fsp3) is 0.400. The smallest absolute Gasteiger partial charge is 0.251 e. The minimum atomic E-state index is -0.182. The molecule has 1 fully saturated rings. The third-order valence-corrected chi connectivity index (χ3v) is 3.88. The first-order chi connectivity index (χ1) is 9.22. The number of carbonyl (C=O) groups excluding carboxylic acids is 1. The summed E-state index contributed by atoms with van der Waals surface area (Å²) in [6.07, 6.45) is 4.34. The van der Waals surface area contributed by atoms with Crippen molar-refractivity contribution in [2.45, 2.75) is 25.4 Å². The molecule has 1 aromatic carbocycles. The summed E-state index contributed by atoms with van der Waals surface area (Å²) in [6, 6.07) is 7.60. The van der Waals surface area contributed by atoms with E-state index in [2.05, 4.69) is 10.3 Å². The number of hydrogen-bond acceptors (Lipinski definition) is 2. The molecule has 2 unspecified atom stereocenters. The van der Waals surface area contributed by atoms with Crippen LogP contribution in [0, 0.1) is 5.92 Å². The Morgan fingerprint density at radius 2 is 2.26 bits per heavy atom. The number of nitrogens with one attached hydrogen (secondary N) is 2. The minimum absolute atomic E-state index is 0.0375. The van der Waals surface area contributed by atoms with Gasteiger partial charge in [0.2, 0.25) is 0 Å². The standard InChI is InChI=1S/C15H18N2O2/c18-13-3-1-10(7-13)9-17-15(19)12-2-4-14-11(8-12)5-6-16-14/h2,4-6,8,10,13,16,18H,1,3,7,9H2,(H,17,19). The van der Waals surface area contributed by atoms with Crippen LogP contribution in [0.5, 0.6) is 0 Å². The lowest BCUT2D eigenvalue weighted by molar-refractivity contribution is 0.0945. The van der Waals surface area contributed by atoms with E-state index in [0.717, 1.165) is 30.2 Å². The Labute approximate surface area is 111 Å². The van der Waals surface area contributed by atoms with Gasteiger partial charge in [-0.1, -0.05) is 0 Å². The first-order valence-corrected chi connectivity index (χ1v) is 6.76. The van der Waals surface area contributed by atoms with Gasteiger partial charge in [-0.05, 0) is 49.4 Å². The second-order valence-corrected chi connectivity index (χ2v) is 5.32. The summed E-state index contributed by atoms with van der Waals surface area (Å²) >= 11 is 0. The zero-order chi connectivity index (χ0) is 13.2. The average Bonchev–Trinajstić information content (AvgIpc) is 3.03. The molecule has 0 aliphatic heterocycles. The van der Waals surface area contributed by atoms with Gasteiger partial charge in [0.25, 0.3) is 5.91 Å². The quantitative estimate of drug-likeness (QED) is 0.789. The number of amides is 1. The molecular weight excluding hydrogens is 240 g/mol. The van der Waals surface area contributed by atoms with E-state index in [4.69, 9.17) is 0 Å². The van der Waals surface area contributed by atoms with Crippen molar-refractivity contribution < 1.29 is 9.90 Å². The maximum atomic E-state index is 12.1. The molecule has 1 amide bonds. The molecule has 0 radical (unpaired) electrons. The summed E-state index contributed by atoms with van der Waals surface area (Å²) in [5.74, 6) is 0.374. The molecule has 1 aromatic heterocycles. The maximum absolute atomic E-state index is 12.1. The highest BCUT2D eigenvalue weighted by Gasteiger charge is 2.23. The van der Waals surface area contributed by atoms with Crippen LogP contribution in [0.4, 0.5) is 0 Å². The molecule has 1 heterocycles. The first-order valence-electron chi connectivity index (χ1n) is 6.76. The van der Waals surface area contributed by atoms with Crippen LogP contribution in [0.25, 0.3) is 10.9 Å². The molecule has 2 atom stereocenters. The Balaban J connectivity index is 1.63. The fourth-order valence-electron chi connectivity index (χ4n) is 2.77. The molecule has 3 rings (SSSR count). The van der Waals surface area contributed by atoms with Crippen molar-refractivity contribution in [1.29, 1.82) is 0 Å². The number of fused-ring (bicyclic) bond motifs is 1. The van der Waals surface area contributed by atoms with Gasteiger partial charge in [-0.2, -0.15) is 0 Å². The molecule has 1 aliphatic rings. The monoisotopic (exact) mass is 258 g/mol. The van der Waals surface area contributed by atoms with E-state index in [1.807, 2.05) is 30.5 Å². The normalized spacial score (nSPS) is 22.8. The van der Waals surface area contributed by atoms with Crippen molar-refractivity contribution in [3.8, 4) is 0 Å². The Hall–Kier alpha value is -1.81. The number of H-pyrrole nitrogens is 1. The average molecular weight is 258 g/mol. The van der Waals surface area contributed by atoms with Crippen LogP contribution in [-0.4, -0.2) is 28.6 Å². The molecule has 0 bridgehead atoms. The van der Waals surface area contributed by atoms with Gasteiger partial charge in [-0.3, -0.25) is 4.79 Å². The number of aromatic amines is 1. The van der Waals surface area contributed by atoms with E-state index in [1.54, 1.807) is 0 Å². The molecule has 100 valence electrons. The van der Waals surface area contributed by atoms with Gasteiger partial charge in [0.05, 0.1) is 6.10 Å². The summed E-state index contributed by atoms with van der Waals surface area (Å²) in [6.45, 7) is 0.654. The number of rotatable bonds is 3. The number of hydrogen-bond donors (Lipinski definition) is 3. The lowest BCUT2D eigenvalue weighted by Crippen LogP contribution is -2.28. The number of aromatic nitrogens is 1. The Morgan fingerprint density at radius 1 is 1.37 bits per heavy atom. The first kappa shape index (κ1) is 12.2.